The van der Waals surface area contributed by atoms with E-state index in [2.05, 4.69) is 5.32 Å². The second kappa shape index (κ2) is 11.7. The van der Waals surface area contributed by atoms with Gasteiger partial charge in [0, 0.05) is 16.1 Å². The average Bonchev–Trinajstić information content (AvgIpc) is 2.60. The van der Waals surface area contributed by atoms with Crippen LogP contribution >= 0.6 is 23.2 Å². The fourth-order valence-corrected chi connectivity index (χ4v) is 3.04. The summed E-state index contributed by atoms with van der Waals surface area (Å²) in [6.45, 7) is 4.19. The molecule has 10 heteroatoms. The van der Waals surface area contributed by atoms with Gasteiger partial charge in [-0.2, -0.15) is 13.2 Å². The normalized spacial score (nSPS) is 12.7. The smallest absolute Gasteiger partial charge is 0.475 e. The summed E-state index contributed by atoms with van der Waals surface area (Å²) < 4.78 is 44.8. The SMILES string of the molecule is CC(C)(O)CCNC(Cc1ccc(F)cc1)c1cc(Cl)cc(Cl)c1.O=C(O)C(F)(F)F. The van der Waals surface area contributed by atoms with E-state index in [1.54, 1.807) is 32.0 Å². The van der Waals surface area contributed by atoms with Crippen molar-refractivity contribution < 1.29 is 32.6 Å². The number of alkyl halides is 3. The molecule has 4 nitrogen and oxygen atoms in total. The summed E-state index contributed by atoms with van der Waals surface area (Å²) in [5, 5.41) is 21.6. The van der Waals surface area contributed by atoms with Crippen LogP contribution in [0.5, 0.6) is 0 Å². The van der Waals surface area contributed by atoms with Crippen molar-refractivity contribution in [2.75, 3.05) is 6.54 Å². The third-order valence-electron chi connectivity index (χ3n) is 4.01. The Labute approximate surface area is 187 Å². The summed E-state index contributed by atoms with van der Waals surface area (Å²) in [5.41, 5.74) is 1.24. The van der Waals surface area contributed by atoms with Crippen LogP contribution in [0.3, 0.4) is 0 Å². The van der Waals surface area contributed by atoms with Crippen LogP contribution in [-0.4, -0.2) is 34.5 Å². The van der Waals surface area contributed by atoms with Gasteiger partial charge in [0.05, 0.1) is 5.60 Å². The zero-order valence-corrected chi connectivity index (χ0v) is 18.3. The van der Waals surface area contributed by atoms with Gasteiger partial charge >= 0.3 is 12.1 Å². The van der Waals surface area contributed by atoms with E-state index >= 15 is 0 Å². The molecule has 0 saturated heterocycles. The standard InChI is InChI=1S/C19H22Cl2FNO.C2HF3O2/c1-19(2,24)7-8-23-18(9-13-3-5-17(22)6-4-13)14-10-15(20)12-16(21)11-14;3-2(4,5)1(6)7/h3-6,10-12,18,23-24H,7-9H2,1-2H3;(H,6,7). The maximum Gasteiger partial charge on any atom is 0.490 e. The Morgan fingerprint density at radius 2 is 1.55 bits per heavy atom. The average molecular weight is 484 g/mol. The molecule has 0 heterocycles. The van der Waals surface area contributed by atoms with Crippen LogP contribution < -0.4 is 5.32 Å². The molecule has 0 bridgehead atoms. The van der Waals surface area contributed by atoms with E-state index < -0.39 is 17.7 Å². The summed E-state index contributed by atoms with van der Waals surface area (Å²) in [6, 6.07) is 11.9. The van der Waals surface area contributed by atoms with Crippen LogP contribution in [-0.2, 0) is 11.2 Å². The molecule has 3 N–H and O–H groups in total. The van der Waals surface area contributed by atoms with Crippen molar-refractivity contribution in [2.24, 2.45) is 0 Å². The number of hydrogen-bond donors (Lipinski definition) is 3. The molecule has 2 aromatic rings. The minimum atomic E-state index is -5.08. The molecule has 31 heavy (non-hydrogen) atoms. The zero-order chi connectivity index (χ0) is 23.8. The first kappa shape index (κ1) is 27.2. The lowest BCUT2D eigenvalue weighted by atomic mass is 9.98. The fraction of sp³-hybridized carbons (Fsp3) is 0.381. The molecule has 2 aromatic carbocycles. The number of carboxylic acids is 1. The highest BCUT2D eigenvalue weighted by molar-refractivity contribution is 6.34. The summed E-state index contributed by atoms with van der Waals surface area (Å²) in [7, 11) is 0. The highest BCUT2D eigenvalue weighted by atomic mass is 35.5. The van der Waals surface area contributed by atoms with Crippen LogP contribution in [0.15, 0.2) is 42.5 Å². The Morgan fingerprint density at radius 3 is 1.97 bits per heavy atom. The van der Waals surface area contributed by atoms with Crippen molar-refractivity contribution in [3.63, 3.8) is 0 Å². The lowest BCUT2D eigenvalue weighted by molar-refractivity contribution is -0.192. The molecule has 172 valence electrons. The van der Waals surface area contributed by atoms with Gasteiger partial charge in [0.25, 0.3) is 0 Å². The molecule has 0 fully saturated rings. The van der Waals surface area contributed by atoms with E-state index in [1.807, 2.05) is 12.1 Å². The first-order valence-electron chi connectivity index (χ1n) is 9.13. The molecule has 0 aliphatic heterocycles. The predicted octanol–water partition coefficient (Wildman–Crippen LogP) is 5.80. The Morgan fingerprint density at radius 1 is 1.06 bits per heavy atom. The lowest BCUT2D eigenvalue weighted by Gasteiger charge is -2.23. The summed E-state index contributed by atoms with van der Waals surface area (Å²) in [4.78, 5) is 8.90. The van der Waals surface area contributed by atoms with Gasteiger partial charge in [0.1, 0.15) is 5.82 Å². The van der Waals surface area contributed by atoms with Gasteiger partial charge in [0.2, 0.25) is 0 Å². The van der Waals surface area contributed by atoms with Gasteiger partial charge in [-0.05, 0) is 74.7 Å². The van der Waals surface area contributed by atoms with Crippen molar-refractivity contribution in [3.05, 3.63) is 69.5 Å². The maximum atomic E-state index is 13.1. The monoisotopic (exact) mass is 483 g/mol. The molecule has 0 aliphatic carbocycles. The third kappa shape index (κ3) is 11.4. The van der Waals surface area contributed by atoms with Gasteiger partial charge in [-0.1, -0.05) is 35.3 Å². The lowest BCUT2D eigenvalue weighted by Crippen LogP contribution is -2.30. The summed E-state index contributed by atoms with van der Waals surface area (Å²) in [5.74, 6) is -3.01. The van der Waals surface area contributed by atoms with Crippen LogP contribution in [0.1, 0.15) is 37.4 Å². The second-order valence-electron chi connectivity index (χ2n) is 7.41. The van der Waals surface area contributed by atoms with Crippen molar-refractivity contribution in [1.82, 2.24) is 5.32 Å². The van der Waals surface area contributed by atoms with E-state index in [0.717, 1.165) is 11.1 Å². The molecule has 1 atom stereocenters. The number of rotatable bonds is 7. The molecular weight excluding hydrogens is 461 g/mol. The van der Waals surface area contributed by atoms with Crippen LogP contribution in [0.2, 0.25) is 10.0 Å². The molecule has 0 radical (unpaired) electrons. The number of nitrogens with one attached hydrogen (secondary N) is 1. The Kier molecular flexibility index (Phi) is 10.2. The van der Waals surface area contributed by atoms with E-state index in [0.29, 0.717) is 29.4 Å². The predicted molar refractivity (Wildman–Crippen MR) is 112 cm³/mol. The molecule has 0 aliphatic rings. The summed E-state index contributed by atoms with van der Waals surface area (Å²) in [6.07, 6.45) is -3.80. The topological polar surface area (TPSA) is 69.6 Å². The van der Waals surface area contributed by atoms with Crippen molar-refractivity contribution in [1.29, 1.82) is 0 Å². The molecule has 0 amide bonds. The Balaban J connectivity index is 0.000000592. The Bertz CT molecular complexity index is 833. The number of aliphatic carboxylic acids is 1. The number of benzene rings is 2. The van der Waals surface area contributed by atoms with Gasteiger partial charge in [-0.15, -0.1) is 0 Å². The van der Waals surface area contributed by atoms with E-state index in [4.69, 9.17) is 33.1 Å². The number of halogens is 6. The van der Waals surface area contributed by atoms with Gasteiger partial charge in [-0.3, -0.25) is 0 Å². The molecule has 2 rings (SSSR count). The molecule has 0 aromatic heterocycles. The van der Waals surface area contributed by atoms with E-state index in [-0.39, 0.29) is 11.9 Å². The highest BCUT2D eigenvalue weighted by Gasteiger charge is 2.38. The van der Waals surface area contributed by atoms with Crippen molar-refractivity contribution >= 4 is 29.2 Å². The first-order valence-corrected chi connectivity index (χ1v) is 9.89. The summed E-state index contributed by atoms with van der Waals surface area (Å²) >= 11 is 12.2. The van der Waals surface area contributed by atoms with Crippen molar-refractivity contribution in [2.45, 2.75) is 44.5 Å². The molecular formula is C21H23Cl2F4NO3. The first-order chi connectivity index (χ1) is 14.2. The number of hydrogen-bond acceptors (Lipinski definition) is 3. The van der Waals surface area contributed by atoms with Crippen molar-refractivity contribution in [3.8, 4) is 0 Å². The number of aliphatic hydroxyl groups is 1. The molecule has 0 spiro atoms. The molecule has 0 saturated carbocycles. The second-order valence-corrected chi connectivity index (χ2v) is 8.28. The minimum Gasteiger partial charge on any atom is -0.475 e. The fourth-order valence-electron chi connectivity index (χ4n) is 2.49. The molecule has 1 unspecified atom stereocenters. The largest absolute Gasteiger partial charge is 0.490 e. The highest BCUT2D eigenvalue weighted by Crippen LogP contribution is 2.26. The number of carbonyl (C=O) groups is 1. The van der Waals surface area contributed by atoms with Crippen LogP contribution in [0.25, 0.3) is 0 Å². The maximum absolute atomic E-state index is 13.1. The Hall–Kier alpha value is -1.87. The van der Waals surface area contributed by atoms with Crippen LogP contribution in [0.4, 0.5) is 17.6 Å². The van der Waals surface area contributed by atoms with Crippen LogP contribution in [0, 0.1) is 5.82 Å². The van der Waals surface area contributed by atoms with Gasteiger partial charge < -0.3 is 15.5 Å². The number of carboxylic acid groups (broad SMARTS) is 1. The van der Waals surface area contributed by atoms with E-state index in [1.165, 1.54) is 12.1 Å². The quantitative estimate of drug-likeness (QED) is 0.435. The van der Waals surface area contributed by atoms with Gasteiger partial charge in [0.15, 0.2) is 0 Å². The zero-order valence-electron chi connectivity index (χ0n) is 16.8. The van der Waals surface area contributed by atoms with E-state index in [9.17, 15) is 22.7 Å². The minimum absolute atomic E-state index is 0.0333. The van der Waals surface area contributed by atoms with Gasteiger partial charge in [-0.25, -0.2) is 9.18 Å². The third-order valence-corrected chi connectivity index (χ3v) is 4.45.